The number of hydrogen-bond acceptors (Lipinski definition) is 2. The quantitative estimate of drug-likeness (QED) is 0.796. The highest BCUT2D eigenvalue weighted by molar-refractivity contribution is 8.93. The molecule has 0 bridgehead atoms. The molecule has 1 heterocycles. The van der Waals surface area contributed by atoms with Gasteiger partial charge in [-0.3, -0.25) is 0 Å². The number of rotatable bonds is 0. The second-order valence-corrected chi connectivity index (χ2v) is 5.38. The summed E-state index contributed by atoms with van der Waals surface area (Å²) in [6, 6.07) is 5.88. The molecule has 1 saturated heterocycles. The molecule has 1 aliphatic carbocycles. The van der Waals surface area contributed by atoms with E-state index in [1.807, 2.05) is 12.1 Å². The zero-order valence-corrected chi connectivity index (χ0v) is 12.0. The number of fused-ring (bicyclic) bond motifs is 1. The lowest BCUT2D eigenvalue weighted by Crippen LogP contribution is -2.45. The molecule has 1 aromatic carbocycles. The largest absolute Gasteiger partial charge is 0.508 e. The van der Waals surface area contributed by atoms with Crippen molar-refractivity contribution in [1.29, 1.82) is 0 Å². The molecular formula is C14H20BrNO. The molecule has 1 atom stereocenters. The number of aryl methyl sites for hydroxylation is 1. The van der Waals surface area contributed by atoms with Crippen molar-refractivity contribution in [3.05, 3.63) is 29.3 Å². The Bertz CT molecular complexity index is 421. The lowest BCUT2D eigenvalue weighted by Gasteiger charge is -2.40. The van der Waals surface area contributed by atoms with Gasteiger partial charge in [-0.15, -0.1) is 17.0 Å². The summed E-state index contributed by atoms with van der Waals surface area (Å²) in [6.45, 7) is 1.24. The predicted molar refractivity (Wildman–Crippen MR) is 75.0 cm³/mol. The van der Waals surface area contributed by atoms with E-state index in [1.54, 1.807) is 0 Å². The Morgan fingerprint density at radius 3 is 2.76 bits per heavy atom. The average Bonchev–Trinajstić information content (AvgIpc) is 2.61. The van der Waals surface area contributed by atoms with Crippen LogP contribution >= 0.6 is 17.0 Å². The van der Waals surface area contributed by atoms with Crippen molar-refractivity contribution in [1.82, 2.24) is 4.90 Å². The number of aromatic hydroxyl groups is 1. The Kier molecular flexibility index (Phi) is 3.50. The third-order valence-corrected chi connectivity index (χ3v) is 4.51. The Labute approximate surface area is 113 Å². The van der Waals surface area contributed by atoms with Crippen molar-refractivity contribution in [2.45, 2.75) is 37.6 Å². The Balaban J connectivity index is 0.00000108. The molecule has 17 heavy (non-hydrogen) atoms. The third kappa shape index (κ3) is 2.11. The summed E-state index contributed by atoms with van der Waals surface area (Å²) in [5.74, 6) is 0.412. The lowest BCUT2D eigenvalue weighted by molar-refractivity contribution is 0.152. The van der Waals surface area contributed by atoms with Gasteiger partial charge in [0, 0.05) is 5.54 Å². The van der Waals surface area contributed by atoms with Crippen LogP contribution in [0, 0.1) is 0 Å². The fourth-order valence-corrected chi connectivity index (χ4v) is 3.44. The maximum atomic E-state index is 9.49. The number of benzene rings is 1. The highest BCUT2D eigenvalue weighted by atomic mass is 79.9. The monoisotopic (exact) mass is 297 g/mol. The van der Waals surface area contributed by atoms with E-state index in [2.05, 4.69) is 18.0 Å². The normalized spacial score (nSPS) is 27.8. The highest BCUT2D eigenvalue weighted by Gasteiger charge is 2.40. The van der Waals surface area contributed by atoms with Crippen LogP contribution in [0.5, 0.6) is 5.75 Å². The van der Waals surface area contributed by atoms with E-state index in [1.165, 1.54) is 43.4 Å². The first-order valence-corrected chi connectivity index (χ1v) is 6.22. The van der Waals surface area contributed by atoms with Gasteiger partial charge in [-0.05, 0) is 69.0 Å². The molecule has 3 heteroatoms. The molecule has 0 aromatic heterocycles. The third-order valence-electron chi connectivity index (χ3n) is 4.51. The highest BCUT2D eigenvalue weighted by Crippen LogP contribution is 2.40. The fourth-order valence-electron chi connectivity index (χ4n) is 3.44. The topological polar surface area (TPSA) is 23.5 Å². The van der Waals surface area contributed by atoms with Crippen LogP contribution in [0.15, 0.2) is 18.2 Å². The van der Waals surface area contributed by atoms with Crippen LogP contribution in [-0.2, 0) is 12.8 Å². The second kappa shape index (κ2) is 4.62. The van der Waals surface area contributed by atoms with E-state index in [0.717, 1.165) is 6.42 Å². The van der Waals surface area contributed by atoms with Gasteiger partial charge in [-0.1, -0.05) is 6.07 Å². The van der Waals surface area contributed by atoms with Gasteiger partial charge in [-0.2, -0.15) is 0 Å². The number of phenols is 1. The standard InChI is InChI=1S/C14H19NO.BrH/c1-15-8-2-6-14(15)7-5-11-9-13(16)4-3-12(11)10-14;/h3-4,9,16H,2,5-8,10H2,1H3;1H. The van der Waals surface area contributed by atoms with E-state index >= 15 is 0 Å². The summed E-state index contributed by atoms with van der Waals surface area (Å²) in [4.78, 5) is 2.54. The number of hydrogen-bond donors (Lipinski definition) is 1. The Morgan fingerprint density at radius 2 is 2.06 bits per heavy atom. The van der Waals surface area contributed by atoms with Crippen LogP contribution in [0.25, 0.3) is 0 Å². The molecule has 94 valence electrons. The molecule has 1 N–H and O–H groups in total. The predicted octanol–water partition coefficient (Wildman–Crippen LogP) is 2.92. The minimum absolute atomic E-state index is 0. The first-order valence-electron chi connectivity index (χ1n) is 6.22. The summed E-state index contributed by atoms with van der Waals surface area (Å²) in [5, 5.41) is 9.49. The van der Waals surface area contributed by atoms with Crippen molar-refractivity contribution in [2.75, 3.05) is 13.6 Å². The molecule has 1 unspecified atom stereocenters. The number of likely N-dealkylation sites (N-methyl/N-ethyl adjacent to an activating group) is 1. The molecule has 1 aromatic rings. The molecule has 0 saturated carbocycles. The first-order chi connectivity index (χ1) is 7.70. The van der Waals surface area contributed by atoms with Gasteiger partial charge in [0.15, 0.2) is 0 Å². The van der Waals surface area contributed by atoms with Gasteiger partial charge >= 0.3 is 0 Å². The fraction of sp³-hybridized carbons (Fsp3) is 0.571. The average molecular weight is 298 g/mol. The van der Waals surface area contributed by atoms with Crippen molar-refractivity contribution in [3.8, 4) is 5.75 Å². The van der Waals surface area contributed by atoms with Gasteiger partial charge in [-0.25, -0.2) is 0 Å². The zero-order chi connectivity index (χ0) is 11.2. The molecule has 1 fully saturated rings. The zero-order valence-electron chi connectivity index (χ0n) is 10.3. The van der Waals surface area contributed by atoms with Crippen molar-refractivity contribution < 1.29 is 5.11 Å². The lowest BCUT2D eigenvalue weighted by atomic mass is 9.76. The van der Waals surface area contributed by atoms with Crippen molar-refractivity contribution >= 4 is 17.0 Å². The van der Waals surface area contributed by atoms with Crippen LogP contribution in [0.3, 0.4) is 0 Å². The van der Waals surface area contributed by atoms with Gasteiger partial charge in [0.25, 0.3) is 0 Å². The summed E-state index contributed by atoms with van der Waals surface area (Å²) in [5.41, 5.74) is 3.22. The molecule has 1 spiro atoms. The van der Waals surface area contributed by atoms with Crippen molar-refractivity contribution in [2.24, 2.45) is 0 Å². The molecular weight excluding hydrogens is 278 g/mol. The van der Waals surface area contributed by atoms with E-state index in [-0.39, 0.29) is 17.0 Å². The molecule has 0 amide bonds. The summed E-state index contributed by atoms with van der Waals surface area (Å²) >= 11 is 0. The SMILES string of the molecule is Br.CN1CCCC12CCc1cc(O)ccc1C2. The molecule has 2 nitrogen and oxygen atoms in total. The van der Waals surface area contributed by atoms with Crippen LogP contribution in [0.2, 0.25) is 0 Å². The molecule has 0 radical (unpaired) electrons. The van der Waals surface area contributed by atoms with E-state index < -0.39 is 0 Å². The van der Waals surface area contributed by atoms with E-state index in [0.29, 0.717) is 11.3 Å². The number of likely N-dealkylation sites (tertiary alicyclic amines) is 1. The number of phenolic OH excluding ortho intramolecular Hbond substituents is 1. The van der Waals surface area contributed by atoms with Crippen LogP contribution in [0.1, 0.15) is 30.4 Å². The van der Waals surface area contributed by atoms with Gasteiger partial charge in [0.1, 0.15) is 5.75 Å². The first kappa shape index (κ1) is 12.9. The van der Waals surface area contributed by atoms with Gasteiger partial charge in [0.2, 0.25) is 0 Å². The maximum absolute atomic E-state index is 9.49. The van der Waals surface area contributed by atoms with Crippen LogP contribution < -0.4 is 0 Å². The number of nitrogens with zero attached hydrogens (tertiary/aromatic N) is 1. The van der Waals surface area contributed by atoms with E-state index in [4.69, 9.17) is 0 Å². The van der Waals surface area contributed by atoms with Gasteiger partial charge in [0.05, 0.1) is 0 Å². The summed E-state index contributed by atoms with van der Waals surface area (Å²) in [6.07, 6.45) is 6.21. The Morgan fingerprint density at radius 1 is 1.24 bits per heavy atom. The van der Waals surface area contributed by atoms with Crippen LogP contribution in [0.4, 0.5) is 0 Å². The minimum atomic E-state index is 0. The second-order valence-electron chi connectivity index (χ2n) is 5.38. The van der Waals surface area contributed by atoms with Crippen LogP contribution in [-0.4, -0.2) is 29.1 Å². The summed E-state index contributed by atoms with van der Waals surface area (Å²) < 4.78 is 0. The molecule has 3 rings (SSSR count). The smallest absolute Gasteiger partial charge is 0.115 e. The molecule has 1 aliphatic heterocycles. The molecule has 2 aliphatic rings. The van der Waals surface area contributed by atoms with Crippen molar-refractivity contribution in [3.63, 3.8) is 0 Å². The summed E-state index contributed by atoms with van der Waals surface area (Å²) in [7, 11) is 2.26. The minimum Gasteiger partial charge on any atom is -0.508 e. The maximum Gasteiger partial charge on any atom is 0.115 e. The number of halogens is 1. The Hall–Kier alpha value is -0.540. The van der Waals surface area contributed by atoms with E-state index in [9.17, 15) is 5.11 Å². The van der Waals surface area contributed by atoms with Gasteiger partial charge < -0.3 is 10.0 Å².